The van der Waals surface area contributed by atoms with Gasteiger partial charge >= 0.3 is 11.9 Å². The van der Waals surface area contributed by atoms with Gasteiger partial charge in [-0.15, -0.1) is 11.8 Å². The maximum atomic E-state index is 12.9. The minimum Gasteiger partial charge on any atom is -0.462 e. The van der Waals surface area contributed by atoms with E-state index < -0.39 is 11.9 Å². The molecule has 0 aliphatic rings. The summed E-state index contributed by atoms with van der Waals surface area (Å²) in [6.07, 6.45) is 3.32. The predicted molar refractivity (Wildman–Crippen MR) is 122 cm³/mol. The number of hydrogen-bond acceptors (Lipinski definition) is 12. The van der Waals surface area contributed by atoms with Gasteiger partial charge in [0.15, 0.2) is 24.0 Å². The molecule has 4 aromatic rings. The largest absolute Gasteiger partial charge is 0.462 e. The van der Waals surface area contributed by atoms with Crippen LogP contribution in [0.5, 0.6) is 0 Å². The first-order chi connectivity index (χ1) is 16.3. The Hall–Kier alpha value is -3.93. The Morgan fingerprint density at radius 2 is 1.85 bits per heavy atom. The maximum Gasteiger partial charge on any atom is 0.343 e. The quantitative estimate of drug-likeness (QED) is 0.231. The zero-order chi connectivity index (χ0) is 24.4. The van der Waals surface area contributed by atoms with Gasteiger partial charge < -0.3 is 24.0 Å². The van der Waals surface area contributed by atoms with Crippen LogP contribution in [-0.2, 0) is 16.1 Å². The van der Waals surface area contributed by atoms with E-state index in [1.54, 1.807) is 39.2 Å². The average Bonchev–Trinajstić information content (AvgIpc) is 3.45. The van der Waals surface area contributed by atoms with Gasteiger partial charge in [-0.3, -0.25) is 0 Å². The monoisotopic (exact) mass is 483 g/mol. The Labute approximate surface area is 198 Å². The summed E-state index contributed by atoms with van der Waals surface area (Å²) in [5.41, 5.74) is 7.01. The summed E-state index contributed by atoms with van der Waals surface area (Å²) < 4.78 is 21.4. The molecule has 2 N–H and O–H groups in total. The van der Waals surface area contributed by atoms with Crippen molar-refractivity contribution in [2.75, 3.05) is 18.6 Å². The highest BCUT2D eigenvalue weighted by Gasteiger charge is 2.25. The number of rotatable bonds is 7. The molecule has 0 amide bonds. The lowest BCUT2D eigenvalue weighted by Gasteiger charge is -2.11. The number of nitrogens with zero attached hydrogens (tertiary/aromatic N) is 4. The van der Waals surface area contributed by atoms with Crippen molar-refractivity contribution in [1.29, 1.82) is 0 Å². The van der Waals surface area contributed by atoms with Crippen LogP contribution in [0.25, 0.3) is 22.7 Å². The summed E-state index contributed by atoms with van der Waals surface area (Å²) in [6, 6.07) is 3.46. The third kappa shape index (κ3) is 4.31. The number of nitrogens with two attached hydrogens (primary N) is 1. The Morgan fingerprint density at radius 1 is 1.09 bits per heavy atom. The predicted octanol–water partition coefficient (Wildman–Crippen LogP) is 3.73. The van der Waals surface area contributed by atoms with Crippen molar-refractivity contribution in [3.63, 3.8) is 0 Å². The number of aryl methyl sites for hydroxylation is 2. The molecule has 0 atom stereocenters. The number of esters is 2. The van der Waals surface area contributed by atoms with Gasteiger partial charge in [0.05, 0.1) is 24.0 Å². The van der Waals surface area contributed by atoms with Crippen molar-refractivity contribution in [3.8, 4) is 11.6 Å². The molecule has 0 unspecified atom stereocenters. The van der Waals surface area contributed by atoms with Crippen LogP contribution in [0.4, 0.5) is 5.82 Å². The number of thioether (sulfide) groups is 1. The first-order valence-corrected chi connectivity index (χ1v) is 11.4. The van der Waals surface area contributed by atoms with E-state index in [1.165, 1.54) is 18.0 Å². The molecule has 4 aromatic heterocycles. The third-order valence-corrected chi connectivity index (χ3v) is 5.49. The molecule has 4 rings (SSSR count). The lowest BCUT2D eigenvalue weighted by Crippen LogP contribution is -2.13. The molecule has 0 bridgehead atoms. The second-order valence-electron chi connectivity index (χ2n) is 7.03. The molecule has 0 saturated carbocycles. The molecule has 12 heteroatoms. The van der Waals surface area contributed by atoms with Crippen molar-refractivity contribution in [1.82, 2.24) is 19.9 Å². The summed E-state index contributed by atoms with van der Waals surface area (Å²) in [5.74, 6) is 0.0749. The minimum absolute atomic E-state index is 0.0167. The SMILES string of the molecule is CCOC(=O)c1c(C)oc2nc(COC(=O)c3c(C)nc(-c4ccco4)nc3SC)nc(N)c12. The standard InChI is InChI=1S/C22H21N5O6S/c1-5-30-22(29)15-11(3)33-19-16(15)17(23)25-13(26-19)9-32-21(28)14-10(2)24-18(27-20(14)34-4)12-7-6-8-31-12/h6-8H,5,9H2,1-4H3,(H2,23,25,26). The van der Waals surface area contributed by atoms with E-state index in [1.807, 2.05) is 0 Å². The Kier molecular flexibility index (Phi) is 6.50. The molecule has 4 heterocycles. The minimum atomic E-state index is -0.641. The fourth-order valence-electron chi connectivity index (χ4n) is 3.34. The second kappa shape index (κ2) is 9.51. The van der Waals surface area contributed by atoms with Crippen LogP contribution in [0.3, 0.4) is 0 Å². The lowest BCUT2D eigenvalue weighted by atomic mass is 10.2. The molecule has 34 heavy (non-hydrogen) atoms. The number of carbonyl (C=O) groups is 2. The third-order valence-electron chi connectivity index (χ3n) is 4.81. The molecular formula is C22H21N5O6S. The van der Waals surface area contributed by atoms with Gasteiger partial charge in [0.25, 0.3) is 0 Å². The average molecular weight is 484 g/mol. The van der Waals surface area contributed by atoms with Crippen LogP contribution < -0.4 is 5.73 Å². The fraction of sp³-hybridized carbons (Fsp3) is 0.273. The molecule has 0 fully saturated rings. The lowest BCUT2D eigenvalue weighted by molar-refractivity contribution is 0.0454. The van der Waals surface area contributed by atoms with Crippen molar-refractivity contribution in [3.05, 3.63) is 46.8 Å². The number of hydrogen-bond donors (Lipinski definition) is 1. The van der Waals surface area contributed by atoms with Gasteiger partial charge in [0, 0.05) is 0 Å². The van der Waals surface area contributed by atoms with Crippen LogP contribution in [0.1, 0.15) is 44.9 Å². The number of anilines is 1. The van der Waals surface area contributed by atoms with Crippen LogP contribution in [0.15, 0.2) is 32.3 Å². The van der Waals surface area contributed by atoms with E-state index in [0.29, 0.717) is 28.1 Å². The van der Waals surface area contributed by atoms with Crippen LogP contribution in [-0.4, -0.2) is 44.7 Å². The molecule has 0 aliphatic heterocycles. The molecular weight excluding hydrogens is 462 g/mol. The Balaban J connectivity index is 1.59. The fourth-order valence-corrected chi connectivity index (χ4v) is 3.96. The Morgan fingerprint density at radius 3 is 2.53 bits per heavy atom. The van der Waals surface area contributed by atoms with E-state index in [0.717, 1.165) is 0 Å². The van der Waals surface area contributed by atoms with Crippen LogP contribution in [0.2, 0.25) is 0 Å². The zero-order valence-corrected chi connectivity index (χ0v) is 19.7. The summed E-state index contributed by atoms with van der Waals surface area (Å²) in [5, 5.41) is 0.703. The molecule has 0 aliphatic carbocycles. The van der Waals surface area contributed by atoms with Gasteiger partial charge in [-0.05, 0) is 39.2 Å². The van der Waals surface area contributed by atoms with Gasteiger partial charge in [0.2, 0.25) is 5.71 Å². The number of aromatic nitrogens is 4. The van der Waals surface area contributed by atoms with Crippen molar-refractivity contribution in [2.24, 2.45) is 0 Å². The number of carbonyl (C=O) groups excluding carboxylic acids is 2. The van der Waals surface area contributed by atoms with Crippen molar-refractivity contribution < 1.29 is 27.9 Å². The van der Waals surface area contributed by atoms with Gasteiger partial charge in [-0.1, -0.05) is 0 Å². The van der Waals surface area contributed by atoms with E-state index in [2.05, 4.69) is 19.9 Å². The maximum absolute atomic E-state index is 12.9. The number of furan rings is 2. The highest BCUT2D eigenvalue weighted by atomic mass is 32.2. The molecule has 176 valence electrons. The summed E-state index contributed by atoms with van der Waals surface area (Å²) >= 11 is 1.28. The number of nitrogen functional groups attached to an aromatic ring is 1. The number of fused-ring (bicyclic) bond motifs is 1. The molecule has 0 radical (unpaired) electrons. The summed E-state index contributed by atoms with van der Waals surface area (Å²) in [4.78, 5) is 42.3. The van der Waals surface area contributed by atoms with E-state index >= 15 is 0 Å². The van der Waals surface area contributed by atoms with Crippen LogP contribution >= 0.6 is 11.8 Å². The second-order valence-corrected chi connectivity index (χ2v) is 7.82. The van der Waals surface area contributed by atoms with E-state index in [-0.39, 0.29) is 47.1 Å². The zero-order valence-electron chi connectivity index (χ0n) is 18.9. The van der Waals surface area contributed by atoms with Gasteiger partial charge in [0.1, 0.15) is 27.7 Å². The Bertz CT molecular complexity index is 1380. The highest BCUT2D eigenvalue weighted by molar-refractivity contribution is 7.98. The van der Waals surface area contributed by atoms with Crippen molar-refractivity contribution >= 4 is 40.6 Å². The van der Waals surface area contributed by atoms with Crippen molar-refractivity contribution in [2.45, 2.75) is 32.4 Å². The summed E-state index contributed by atoms with van der Waals surface area (Å²) in [7, 11) is 0. The normalized spacial score (nSPS) is 11.1. The van der Waals surface area contributed by atoms with Gasteiger partial charge in [-0.25, -0.2) is 24.5 Å². The summed E-state index contributed by atoms with van der Waals surface area (Å²) in [6.45, 7) is 4.91. The molecule has 11 nitrogen and oxygen atoms in total. The first kappa shape index (κ1) is 23.2. The van der Waals surface area contributed by atoms with E-state index in [4.69, 9.17) is 24.0 Å². The van der Waals surface area contributed by atoms with E-state index in [9.17, 15) is 9.59 Å². The molecule has 0 aromatic carbocycles. The molecule has 0 spiro atoms. The smallest absolute Gasteiger partial charge is 0.343 e. The highest BCUT2D eigenvalue weighted by Crippen LogP contribution is 2.29. The van der Waals surface area contributed by atoms with Gasteiger partial charge in [-0.2, -0.15) is 4.98 Å². The molecule has 0 saturated heterocycles. The van der Waals surface area contributed by atoms with Crippen LogP contribution in [0, 0.1) is 13.8 Å². The topological polar surface area (TPSA) is 156 Å². The number of ether oxygens (including phenoxy) is 2. The first-order valence-electron chi connectivity index (χ1n) is 10.2.